The Bertz CT molecular complexity index is 918. The molecular formula is C24H29NO2. The number of rotatable bonds is 1. The second-order valence-electron chi connectivity index (χ2n) is 9.47. The van der Waals surface area contributed by atoms with Gasteiger partial charge in [-0.2, -0.15) is 0 Å². The summed E-state index contributed by atoms with van der Waals surface area (Å²) in [5.41, 5.74) is 5.86. The van der Waals surface area contributed by atoms with Crippen molar-refractivity contribution in [1.29, 1.82) is 0 Å². The van der Waals surface area contributed by atoms with Gasteiger partial charge in [-0.15, -0.1) is 0 Å². The highest BCUT2D eigenvalue weighted by atomic mass is 16.3. The summed E-state index contributed by atoms with van der Waals surface area (Å²) < 4.78 is 0. The number of aryl methyl sites for hydroxylation is 1. The molecule has 2 aromatic rings. The molecule has 0 saturated carbocycles. The molecule has 0 radical (unpaired) electrons. The third-order valence-electron chi connectivity index (χ3n) is 5.11. The second-order valence-corrected chi connectivity index (χ2v) is 9.47. The van der Waals surface area contributed by atoms with E-state index in [0.29, 0.717) is 11.3 Å². The Labute approximate surface area is 162 Å². The van der Waals surface area contributed by atoms with E-state index in [9.17, 15) is 9.90 Å². The van der Waals surface area contributed by atoms with Gasteiger partial charge in [0.1, 0.15) is 5.75 Å². The molecule has 27 heavy (non-hydrogen) atoms. The molecule has 0 bridgehead atoms. The van der Waals surface area contributed by atoms with Crippen LogP contribution in [0.2, 0.25) is 0 Å². The maximum Gasteiger partial charge on any atom is 0.256 e. The van der Waals surface area contributed by atoms with Crippen LogP contribution in [0.25, 0.3) is 11.6 Å². The van der Waals surface area contributed by atoms with Crippen LogP contribution in [-0.4, -0.2) is 11.0 Å². The van der Waals surface area contributed by atoms with E-state index in [1.807, 2.05) is 43.3 Å². The van der Waals surface area contributed by atoms with Gasteiger partial charge in [0.15, 0.2) is 0 Å². The van der Waals surface area contributed by atoms with E-state index >= 15 is 0 Å². The highest BCUT2D eigenvalue weighted by Gasteiger charge is 2.28. The molecule has 3 nitrogen and oxygen atoms in total. The van der Waals surface area contributed by atoms with Gasteiger partial charge in [-0.1, -0.05) is 59.7 Å². The summed E-state index contributed by atoms with van der Waals surface area (Å²) in [6, 6.07) is 9.94. The molecule has 1 aliphatic rings. The number of para-hydroxylation sites is 1. The number of phenolic OH excluding ortho intramolecular Hbond substituents is 1. The van der Waals surface area contributed by atoms with Gasteiger partial charge >= 0.3 is 0 Å². The average molecular weight is 364 g/mol. The van der Waals surface area contributed by atoms with E-state index in [1.165, 1.54) is 0 Å². The van der Waals surface area contributed by atoms with Crippen LogP contribution in [0.15, 0.2) is 30.3 Å². The van der Waals surface area contributed by atoms with Crippen molar-refractivity contribution in [3.8, 4) is 5.75 Å². The fourth-order valence-corrected chi connectivity index (χ4v) is 3.55. The quantitative estimate of drug-likeness (QED) is 0.630. The van der Waals surface area contributed by atoms with Gasteiger partial charge in [-0.25, -0.2) is 0 Å². The molecule has 142 valence electrons. The monoisotopic (exact) mass is 363 g/mol. The summed E-state index contributed by atoms with van der Waals surface area (Å²) in [7, 11) is 0. The van der Waals surface area contributed by atoms with Crippen molar-refractivity contribution >= 4 is 23.2 Å². The minimum Gasteiger partial charge on any atom is -0.507 e. The van der Waals surface area contributed by atoms with Crippen molar-refractivity contribution < 1.29 is 9.90 Å². The van der Waals surface area contributed by atoms with Crippen LogP contribution >= 0.6 is 0 Å². The van der Waals surface area contributed by atoms with Crippen LogP contribution in [-0.2, 0) is 15.6 Å². The molecule has 0 fully saturated rings. The lowest BCUT2D eigenvalue weighted by Gasteiger charge is -2.28. The van der Waals surface area contributed by atoms with Gasteiger partial charge in [-0.3, -0.25) is 4.79 Å². The molecule has 0 aliphatic carbocycles. The number of hydrogen-bond acceptors (Lipinski definition) is 2. The van der Waals surface area contributed by atoms with E-state index < -0.39 is 0 Å². The number of phenols is 1. The number of anilines is 1. The molecule has 0 saturated heterocycles. The lowest BCUT2D eigenvalue weighted by atomic mass is 9.78. The number of benzene rings is 2. The summed E-state index contributed by atoms with van der Waals surface area (Å²) >= 11 is 0. The lowest BCUT2D eigenvalue weighted by molar-refractivity contribution is -0.110. The Balaban J connectivity index is 2.23. The normalized spacial score (nSPS) is 15.8. The van der Waals surface area contributed by atoms with Gasteiger partial charge in [0.25, 0.3) is 5.91 Å². The zero-order valence-electron chi connectivity index (χ0n) is 17.3. The summed E-state index contributed by atoms with van der Waals surface area (Å²) in [6.07, 6.45) is 1.94. The summed E-state index contributed by atoms with van der Waals surface area (Å²) in [6.45, 7) is 14.5. The molecule has 0 atom stereocenters. The Hall–Kier alpha value is -2.55. The molecule has 3 rings (SSSR count). The van der Waals surface area contributed by atoms with Gasteiger partial charge in [-0.05, 0) is 47.1 Å². The van der Waals surface area contributed by atoms with Gasteiger partial charge in [0.05, 0.1) is 5.69 Å². The van der Waals surface area contributed by atoms with Crippen molar-refractivity contribution in [3.63, 3.8) is 0 Å². The highest BCUT2D eigenvalue weighted by Crippen LogP contribution is 2.41. The maximum atomic E-state index is 12.6. The van der Waals surface area contributed by atoms with Gasteiger partial charge in [0, 0.05) is 22.3 Å². The molecule has 1 aliphatic heterocycles. The average Bonchev–Trinajstić information content (AvgIpc) is 2.84. The molecule has 1 heterocycles. The number of aromatic hydroxyl groups is 1. The van der Waals surface area contributed by atoms with Crippen molar-refractivity contribution in [2.45, 2.75) is 59.3 Å². The standard InChI is InChI=1S/C24H29NO2/c1-14-9-8-10-16-17(22(27)25-20(14)16)11-15-12-18(23(2,3)4)21(26)19(13-15)24(5,6)7/h8-13,26H,1-7H3,(H,25,27). The number of carbonyl (C=O) groups is 1. The Kier molecular flexibility index (Phi) is 4.46. The number of amides is 1. The first-order valence-electron chi connectivity index (χ1n) is 9.40. The maximum absolute atomic E-state index is 12.6. The van der Waals surface area contributed by atoms with E-state index in [2.05, 4.69) is 46.9 Å². The molecule has 0 unspecified atom stereocenters. The number of hydrogen-bond donors (Lipinski definition) is 2. The molecular weight excluding hydrogens is 334 g/mol. The van der Waals surface area contributed by atoms with E-state index in [4.69, 9.17) is 0 Å². The van der Waals surface area contributed by atoms with Gasteiger partial charge in [0.2, 0.25) is 0 Å². The predicted octanol–water partition coefficient (Wildman–Crippen LogP) is 5.79. The Morgan fingerprint density at radius 3 is 2.04 bits per heavy atom. The first-order valence-corrected chi connectivity index (χ1v) is 9.40. The molecule has 0 aromatic heterocycles. The lowest BCUT2D eigenvalue weighted by Crippen LogP contribution is -2.17. The van der Waals surface area contributed by atoms with Crippen LogP contribution < -0.4 is 5.32 Å². The summed E-state index contributed by atoms with van der Waals surface area (Å²) in [5.74, 6) is 0.270. The zero-order valence-corrected chi connectivity index (χ0v) is 17.3. The fourth-order valence-electron chi connectivity index (χ4n) is 3.55. The first-order chi connectivity index (χ1) is 12.4. The second kappa shape index (κ2) is 6.26. The Morgan fingerprint density at radius 2 is 1.52 bits per heavy atom. The van der Waals surface area contributed by atoms with Crippen LogP contribution in [0.4, 0.5) is 5.69 Å². The summed E-state index contributed by atoms with van der Waals surface area (Å²) in [4.78, 5) is 12.6. The van der Waals surface area contributed by atoms with Crippen LogP contribution in [0.1, 0.15) is 69.4 Å². The third-order valence-corrected chi connectivity index (χ3v) is 5.11. The van der Waals surface area contributed by atoms with E-state index in [-0.39, 0.29) is 16.7 Å². The predicted molar refractivity (Wildman–Crippen MR) is 113 cm³/mol. The SMILES string of the molecule is Cc1cccc2c1NC(=O)C2=Cc1cc(C(C)(C)C)c(O)c(C(C)(C)C)c1. The minimum atomic E-state index is -0.203. The molecule has 1 amide bonds. The fraction of sp³-hybridized carbons (Fsp3) is 0.375. The number of carbonyl (C=O) groups excluding carboxylic acids is 1. The summed E-state index contributed by atoms with van der Waals surface area (Å²) in [5, 5.41) is 13.9. The largest absolute Gasteiger partial charge is 0.507 e. The van der Waals surface area contributed by atoms with Crippen molar-refractivity contribution in [3.05, 3.63) is 58.1 Å². The van der Waals surface area contributed by atoms with Crippen molar-refractivity contribution in [2.24, 2.45) is 0 Å². The number of nitrogens with one attached hydrogen (secondary N) is 1. The zero-order chi connectivity index (χ0) is 20.1. The van der Waals surface area contributed by atoms with Gasteiger partial charge < -0.3 is 10.4 Å². The Morgan fingerprint density at radius 1 is 0.963 bits per heavy atom. The highest BCUT2D eigenvalue weighted by molar-refractivity contribution is 6.35. The molecule has 2 N–H and O–H groups in total. The number of fused-ring (bicyclic) bond motifs is 1. The molecule has 3 heteroatoms. The molecule has 2 aromatic carbocycles. The molecule has 0 spiro atoms. The third kappa shape index (κ3) is 3.51. The van der Waals surface area contributed by atoms with Crippen LogP contribution in [0, 0.1) is 6.92 Å². The minimum absolute atomic E-state index is 0.0815. The first kappa shape index (κ1) is 19.2. The van der Waals surface area contributed by atoms with Crippen molar-refractivity contribution in [1.82, 2.24) is 0 Å². The van der Waals surface area contributed by atoms with Crippen LogP contribution in [0.5, 0.6) is 5.75 Å². The van der Waals surface area contributed by atoms with Crippen molar-refractivity contribution in [2.75, 3.05) is 5.32 Å². The smallest absolute Gasteiger partial charge is 0.256 e. The van der Waals surface area contributed by atoms with E-state index in [1.54, 1.807) is 0 Å². The van der Waals surface area contributed by atoms with E-state index in [0.717, 1.165) is 33.5 Å². The van der Waals surface area contributed by atoms with Crippen LogP contribution in [0.3, 0.4) is 0 Å². The topological polar surface area (TPSA) is 49.3 Å².